The summed E-state index contributed by atoms with van der Waals surface area (Å²) in [5.41, 5.74) is -3.82. The summed E-state index contributed by atoms with van der Waals surface area (Å²) >= 11 is 0. The van der Waals surface area contributed by atoms with Crippen LogP contribution in [0, 0.1) is 34.5 Å². The number of anilines is 1. The van der Waals surface area contributed by atoms with Gasteiger partial charge in [0.15, 0.2) is 0 Å². The first-order valence-electron chi connectivity index (χ1n) is 13.3. The van der Waals surface area contributed by atoms with Crippen molar-refractivity contribution >= 4 is 11.6 Å². The molecule has 1 aromatic rings. The van der Waals surface area contributed by atoms with Crippen molar-refractivity contribution in [3.63, 3.8) is 0 Å². The fraction of sp³-hybridized carbons (Fsp3) is 0.679. The van der Waals surface area contributed by atoms with Gasteiger partial charge in [0.2, 0.25) is 5.91 Å². The van der Waals surface area contributed by atoms with Crippen LogP contribution in [0.2, 0.25) is 0 Å². The van der Waals surface area contributed by atoms with Gasteiger partial charge in [0, 0.05) is 24.5 Å². The molecule has 1 amide bonds. The van der Waals surface area contributed by atoms with Crippen LogP contribution in [0.1, 0.15) is 63.5 Å². The number of nitrogens with one attached hydrogen (secondary N) is 2. The summed E-state index contributed by atoms with van der Waals surface area (Å²) < 4.78 is 86.0. The third-order valence-electron chi connectivity index (χ3n) is 10.3. The van der Waals surface area contributed by atoms with E-state index >= 15 is 0 Å². The van der Waals surface area contributed by atoms with Crippen molar-refractivity contribution < 1.29 is 35.9 Å². The number of carbonyl (C=O) groups is 1. The third-order valence-corrected chi connectivity index (χ3v) is 10.3. The zero-order valence-corrected chi connectivity index (χ0v) is 21.7. The molecule has 10 heteroatoms. The minimum Gasteiger partial charge on any atom is -0.363 e. The highest BCUT2D eigenvalue weighted by Crippen LogP contribution is 2.65. The molecule has 1 aromatic carbocycles. The molecule has 4 nitrogen and oxygen atoms in total. The van der Waals surface area contributed by atoms with Gasteiger partial charge >= 0.3 is 12.4 Å². The third kappa shape index (κ3) is 4.45. The number of hydrogen-bond acceptors (Lipinski definition) is 3. The summed E-state index contributed by atoms with van der Waals surface area (Å²) in [5, 5.41) is 5.86. The maximum atomic E-state index is 13.6. The van der Waals surface area contributed by atoms with Gasteiger partial charge in [-0.3, -0.25) is 10.1 Å². The van der Waals surface area contributed by atoms with Gasteiger partial charge in [0.05, 0.1) is 16.8 Å². The molecule has 3 fully saturated rings. The lowest BCUT2D eigenvalue weighted by Crippen LogP contribution is -2.60. The van der Waals surface area contributed by atoms with E-state index in [0.717, 1.165) is 32.1 Å². The number of carbonyl (C=O) groups excluding carboxylic acids is 1. The van der Waals surface area contributed by atoms with E-state index < -0.39 is 46.4 Å². The number of fused-ring (bicyclic) bond motifs is 5. The molecular weight excluding hydrogens is 510 g/mol. The van der Waals surface area contributed by atoms with Crippen molar-refractivity contribution in [1.29, 1.82) is 0 Å². The Morgan fingerprint density at radius 3 is 2.39 bits per heavy atom. The van der Waals surface area contributed by atoms with Crippen LogP contribution in [0.4, 0.5) is 32.0 Å². The molecule has 2 N–H and O–H groups in total. The lowest BCUT2D eigenvalue weighted by Gasteiger charge is -2.59. The van der Waals surface area contributed by atoms with Gasteiger partial charge in [-0.15, -0.1) is 0 Å². The predicted octanol–water partition coefficient (Wildman–Crippen LogP) is 7.02. The summed E-state index contributed by atoms with van der Waals surface area (Å²) in [7, 11) is 1.67. The SMILES string of the molecule is COC1C=CC2(C)C(CCC3C2CCC2(C)C(C(=O)Nc4cc(C(F)(F)F)ccc4C(F)(F)F)CCC32)N1. The average molecular weight is 545 g/mol. The Balaban J connectivity index is 1.39. The van der Waals surface area contributed by atoms with Gasteiger partial charge < -0.3 is 10.1 Å². The average Bonchev–Trinajstić information content (AvgIpc) is 3.19. The van der Waals surface area contributed by atoms with Crippen molar-refractivity contribution in [1.82, 2.24) is 5.32 Å². The highest BCUT2D eigenvalue weighted by atomic mass is 19.4. The molecule has 0 bridgehead atoms. The lowest BCUT2D eigenvalue weighted by atomic mass is 9.48. The molecule has 0 aromatic heterocycles. The molecule has 0 saturated heterocycles. The largest absolute Gasteiger partial charge is 0.418 e. The second kappa shape index (κ2) is 9.25. The van der Waals surface area contributed by atoms with E-state index in [1.165, 1.54) is 0 Å². The van der Waals surface area contributed by atoms with Crippen LogP contribution < -0.4 is 10.6 Å². The highest BCUT2D eigenvalue weighted by Gasteiger charge is 2.61. The standard InChI is InChI=1S/C28H34F6N2O2/c1-25-12-10-18-16(5-9-22-26(18,2)13-11-23(36-22)38-3)17(25)7-8-20(25)24(37)35-21-14-15(27(29,30)31)4-6-19(21)28(32,33)34/h4,6,11,13-14,16-18,20,22-23,36H,5,7-10,12H2,1-3H3,(H,35,37). The molecular formula is C28H34F6N2O2. The van der Waals surface area contributed by atoms with E-state index in [2.05, 4.69) is 29.7 Å². The molecule has 3 aliphatic carbocycles. The van der Waals surface area contributed by atoms with Crippen LogP contribution in [-0.2, 0) is 21.9 Å². The van der Waals surface area contributed by atoms with Gasteiger partial charge in [-0.1, -0.05) is 19.9 Å². The molecule has 5 rings (SSSR count). The predicted molar refractivity (Wildman–Crippen MR) is 130 cm³/mol. The number of benzene rings is 1. The first-order chi connectivity index (χ1) is 17.7. The van der Waals surface area contributed by atoms with E-state index in [9.17, 15) is 31.1 Å². The van der Waals surface area contributed by atoms with E-state index in [1.54, 1.807) is 7.11 Å². The van der Waals surface area contributed by atoms with E-state index in [1.807, 2.05) is 6.92 Å². The number of ether oxygens (including phenoxy) is 1. The molecule has 38 heavy (non-hydrogen) atoms. The zero-order chi connectivity index (χ0) is 27.7. The first-order valence-corrected chi connectivity index (χ1v) is 13.3. The fourth-order valence-electron chi connectivity index (χ4n) is 8.31. The molecule has 8 unspecified atom stereocenters. The van der Waals surface area contributed by atoms with Crippen molar-refractivity contribution in [2.24, 2.45) is 34.5 Å². The van der Waals surface area contributed by atoms with Crippen molar-refractivity contribution in [3.8, 4) is 0 Å². The Kier molecular flexibility index (Phi) is 6.69. The van der Waals surface area contributed by atoms with Crippen LogP contribution in [0.5, 0.6) is 0 Å². The maximum Gasteiger partial charge on any atom is 0.418 e. The number of methoxy groups -OCH3 is 1. The van der Waals surface area contributed by atoms with Crippen LogP contribution in [0.3, 0.4) is 0 Å². The molecule has 3 saturated carbocycles. The van der Waals surface area contributed by atoms with E-state index in [0.29, 0.717) is 36.5 Å². The number of rotatable bonds is 3. The molecule has 1 heterocycles. The lowest BCUT2D eigenvalue weighted by molar-refractivity contribution is -0.141. The van der Waals surface area contributed by atoms with E-state index in [-0.39, 0.29) is 23.6 Å². The Hall–Kier alpha value is -2.07. The molecule has 210 valence electrons. The van der Waals surface area contributed by atoms with E-state index in [4.69, 9.17) is 4.74 Å². The van der Waals surface area contributed by atoms with Gasteiger partial charge in [-0.05, 0) is 86.0 Å². The van der Waals surface area contributed by atoms with Gasteiger partial charge in [-0.2, -0.15) is 26.3 Å². The second-order valence-electron chi connectivity index (χ2n) is 12.0. The van der Waals surface area contributed by atoms with Gasteiger partial charge in [0.1, 0.15) is 6.23 Å². The summed E-state index contributed by atoms with van der Waals surface area (Å²) in [6.45, 7) is 4.32. The summed E-state index contributed by atoms with van der Waals surface area (Å²) in [6.07, 6.45) is -0.636. The van der Waals surface area contributed by atoms with Gasteiger partial charge in [-0.25, -0.2) is 0 Å². The molecule has 1 aliphatic heterocycles. The summed E-state index contributed by atoms with van der Waals surface area (Å²) in [6, 6.07) is 1.46. The van der Waals surface area contributed by atoms with Crippen LogP contribution in [-0.4, -0.2) is 25.3 Å². The van der Waals surface area contributed by atoms with Crippen LogP contribution in [0.15, 0.2) is 30.4 Å². The zero-order valence-electron chi connectivity index (χ0n) is 21.7. The number of amides is 1. The minimum atomic E-state index is -4.90. The Bertz CT molecular complexity index is 1120. The Labute approximate surface area is 218 Å². The summed E-state index contributed by atoms with van der Waals surface area (Å²) in [5.74, 6) is -0.180. The summed E-state index contributed by atoms with van der Waals surface area (Å²) in [4.78, 5) is 13.4. The Morgan fingerprint density at radius 1 is 1.00 bits per heavy atom. The normalized spacial score (nSPS) is 38.8. The van der Waals surface area contributed by atoms with Crippen molar-refractivity contribution in [2.75, 3.05) is 12.4 Å². The fourth-order valence-corrected chi connectivity index (χ4v) is 8.31. The van der Waals surface area contributed by atoms with Gasteiger partial charge in [0.25, 0.3) is 0 Å². The highest BCUT2D eigenvalue weighted by molar-refractivity contribution is 5.94. The quantitative estimate of drug-likeness (QED) is 0.318. The monoisotopic (exact) mass is 544 g/mol. The van der Waals surface area contributed by atoms with Crippen LogP contribution >= 0.6 is 0 Å². The molecule has 8 atom stereocenters. The van der Waals surface area contributed by atoms with Crippen molar-refractivity contribution in [2.45, 2.75) is 77.0 Å². The Morgan fingerprint density at radius 2 is 1.74 bits per heavy atom. The minimum absolute atomic E-state index is 0.0563. The second-order valence-corrected chi connectivity index (χ2v) is 12.0. The molecule has 0 radical (unpaired) electrons. The number of halogens is 6. The first kappa shape index (κ1) is 27.5. The maximum absolute atomic E-state index is 13.6. The molecule has 0 spiro atoms. The number of alkyl halides is 6. The molecule has 4 aliphatic rings. The smallest absolute Gasteiger partial charge is 0.363 e. The number of hydrogen-bond donors (Lipinski definition) is 2. The van der Waals surface area contributed by atoms with Crippen molar-refractivity contribution in [3.05, 3.63) is 41.5 Å². The topological polar surface area (TPSA) is 50.4 Å². The van der Waals surface area contributed by atoms with Crippen LogP contribution in [0.25, 0.3) is 0 Å².